The standard InChI is InChI=1S/C20H21ClN4O2/c1-24(2)17-6-4-3-5-15(17)19(26)25-10-9-14(12-25)22-20-23-16-8-7-13(21)11-18(16)27-20/h3-8,11,14H,9-10,12H2,1-2H3,(H,22,23)/t14-/m1/s1. The van der Waals surface area contributed by atoms with Crippen LogP contribution in [-0.4, -0.2) is 49.0 Å². The molecule has 0 bridgehead atoms. The summed E-state index contributed by atoms with van der Waals surface area (Å²) in [7, 11) is 3.89. The normalized spacial score (nSPS) is 16.7. The number of nitrogens with one attached hydrogen (secondary N) is 1. The molecule has 27 heavy (non-hydrogen) atoms. The van der Waals surface area contributed by atoms with Crippen LogP contribution in [0, 0.1) is 0 Å². The minimum absolute atomic E-state index is 0.0490. The third kappa shape index (κ3) is 3.57. The second-order valence-electron chi connectivity index (χ2n) is 6.92. The highest BCUT2D eigenvalue weighted by Gasteiger charge is 2.29. The summed E-state index contributed by atoms with van der Waals surface area (Å²) in [5.41, 5.74) is 3.05. The van der Waals surface area contributed by atoms with E-state index in [0.717, 1.165) is 23.2 Å². The van der Waals surface area contributed by atoms with Gasteiger partial charge in [-0.1, -0.05) is 23.7 Å². The van der Waals surface area contributed by atoms with Gasteiger partial charge in [-0.15, -0.1) is 0 Å². The molecule has 7 heteroatoms. The van der Waals surface area contributed by atoms with E-state index in [2.05, 4.69) is 10.3 Å². The Labute approximate surface area is 162 Å². The van der Waals surface area contributed by atoms with E-state index in [1.54, 1.807) is 12.1 Å². The molecule has 0 spiro atoms. The molecule has 1 fully saturated rings. The van der Waals surface area contributed by atoms with Gasteiger partial charge in [0.15, 0.2) is 5.58 Å². The van der Waals surface area contributed by atoms with E-state index in [-0.39, 0.29) is 11.9 Å². The first-order valence-electron chi connectivity index (χ1n) is 8.89. The lowest BCUT2D eigenvalue weighted by molar-refractivity contribution is 0.0792. The molecular weight excluding hydrogens is 364 g/mol. The minimum atomic E-state index is 0.0490. The van der Waals surface area contributed by atoms with Crippen molar-refractivity contribution < 1.29 is 9.21 Å². The maximum Gasteiger partial charge on any atom is 0.295 e. The molecular formula is C20H21ClN4O2. The van der Waals surface area contributed by atoms with Crippen molar-refractivity contribution in [1.29, 1.82) is 0 Å². The number of rotatable bonds is 4. The third-order valence-electron chi connectivity index (χ3n) is 4.77. The molecule has 1 aliphatic rings. The number of carbonyl (C=O) groups is 1. The van der Waals surface area contributed by atoms with Gasteiger partial charge in [0.25, 0.3) is 11.9 Å². The summed E-state index contributed by atoms with van der Waals surface area (Å²) in [6.45, 7) is 1.31. The lowest BCUT2D eigenvalue weighted by Crippen LogP contribution is -2.32. The molecule has 1 aromatic heterocycles. The first-order chi connectivity index (χ1) is 13.0. The zero-order valence-corrected chi connectivity index (χ0v) is 16.0. The van der Waals surface area contributed by atoms with Gasteiger partial charge < -0.3 is 19.5 Å². The van der Waals surface area contributed by atoms with Crippen molar-refractivity contribution in [3.63, 3.8) is 0 Å². The maximum atomic E-state index is 13.0. The summed E-state index contributed by atoms with van der Waals surface area (Å²) in [5.74, 6) is 0.0490. The monoisotopic (exact) mass is 384 g/mol. The number of carbonyl (C=O) groups excluding carboxylic acids is 1. The zero-order chi connectivity index (χ0) is 19.0. The highest BCUT2D eigenvalue weighted by Crippen LogP contribution is 2.26. The Balaban J connectivity index is 1.46. The molecule has 4 rings (SSSR count). The Hall–Kier alpha value is -2.73. The smallest absolute Gasteiger partial charge is 0.295 e. The van der Waals surface area contributed by atoms with Gasteiger partial charge in [0, 0.05) is 50.0 Å². The Morgan fingerprint density at radius 1 is 1.30 bits per heavy atom. The summed E-state index contributed by atoms with van der Waals surface area (Å²) >= 11 is 5.99. The van der Waals surface area contributed by atoms with Gasteiger partial charge in [0.2, 0.25) is 0 Å². The van der Waals surface area contributed by atoms with Gasteiger partial charge in [-0.2, -0.15) is 4.98 Å². The molecule has 0 radical (unpaired) electrons. The van der Waals surface area contributed by atoms with Gasteiger partial charge in [0.1, 0.15) is 5.52 Å². The van der Waals surface area contributed by atoms with E-state index < -0.39 is 0 Å². The molecule has 1 N–H and O–H groups in total. The van der Waals surface area contributed by atoms with Crippen LogP contribution in [0.4, 0.5) is 11.7 Å². The van der Waals surface area contributed by atoms with Crippen LogP contribution in [0.25, 0.3) is 11.1 Å². The van der Waals surface area contributed by atoms with E-state index in [1.807, 2.05) is 54.2 Å². The van der Waals surface area contributed by atoms with E-state index >= 15 is 0 Å². The maximum absolute atomic E-state index is 13.0. The molecule has 1 aliphatic heterocycles. The summed E-state index contributed by atoms with van der Waals surface area (Å²) < 4.78 is 5.72. The van der Waals surface area contributed by atoms with E-state index in [1.165, 1.54) is 0 Å². The van der Waals surface area contributed by atoms with Crippen molar-refractivity contribution in [2.75, 3.05) is 37.4 Å². The highest BCUT2D eigenvalue weighted by atomic mass is 35.5. The number of aromatic nitrogens is 1. The van der Waals surface area contributed by atoms with E-state index in [0.29, 0.717) is 29.7 Å². The highest BCUT2D eigenvalue weighted by molar-refractivity contribution is 6.31. The van der Waals surface area contributed by atoms with Crippen LogP contribution in [0.15, 0.2) is 46.9 Å². The Kier molecular flexibility index (Phi) is 4.66. The number of hydrogen-bond acceptors (Lipinski definition) is 5. The van der Waals surface area contributed by atoms with Crippen molar-refractivity contribution in [1.82, 2.24) is 9.88 Å². The van der Waals surface area contributed by atoms with Crippen LogP contribution in [0.3, 0.4) is 0 Å². The number of hydrogen-bond donors (Lipinski definition) is 1. The average Bonchev–Trinajstić information content (AvgIpc) is 3.27. The number of para-hydroxylation sites is 1. The molecule has 0 aliphatic carbocycles. The first-order valence-corrected chi connectivity index (χ1v) is 9.27. The molecule has 6 nitrogen and oxygen atoms in total. The lowest BCUT2D eigenvalue weighted by atomic mass is 10.1. The topological polar surface area (TPSA) is 61.6 Å². The number of benzene rings is 2. The SMILES string of the molecule is CN(C)c1ccccc1C(=O)N1CC[C@@H](Nc2nc3ccc(Cl)cc3o2)C1. The number of oxazole rings is 1. The fraction of sp³-hybridized carbons (Fsp3) is 0.300. The summed E-state index contributed by atoms with van der Waals surface area (Å²) in [6, 6.07) is 13.6. The van der Waals surface area contributed by atoms with E-state index in [9.17, 15) is 4.79 Å². The van der Waals surface area contributed by atoms with Crippen LogP contribution in [0.2, 0.25) is 5.02 Å². The van der Waals surface area contributed by atoms with Crippen molar-refractivity contribution in [3.8, 4) is 0 Å². The summed E-state index contributed by atoms with van der Waals surface area (Å²) in [5, 5.41) is 3.91. The Bertz CT molecular complexity index is 985. The van der Waals surface area contributed by atoms with Gasteiger partial charge in [0.05, 0.1) is 5.56 Å². The molecule has 1 saturated heterocycles. The number of nitrogens with zero attached hydrogens (tertiary/aromatic N) is 3. The largest absolute Gasteiger partial charge is 0.423 e. The number of halogens is 1. The van der Waals surface area contributed by atoms with Crippen molar-refractivity contribution >= 4 is 40.3 Å². The number of fused-ring (bicyclic) bond motifs is 1. The van der Waals surface area contributed by atoms with Gasteiger partial charge >= 0.3 is 0 Å². The Morgan fingerprint density at radius 2 is 2.11 bits per heavy atom. The molecule has 140 valence electrons. The molecule has 2 heterocycles. The van der Waals surface area contributed by atoms with Crippen molar-refractivity contribution in [2.45, 2.75) is 12.5 Å². The molecule has 3 aromatic rings. The number of likely N-dealkylation sites (tertiary alicyclic amines) is 1. The molecule has 1 atom stereocenters. The number of anilines is 2. The first kappa shape index (κ1) is 17.7. The summed E-state index contributed by atoms with van der Waals surface area (Å²) in [4.78, 5) is 21.2. The summed E-state index contributed by atoms with van der Waals surface area (Å²) in [6.07, 6.45) is 0.843. The van der Waals surface area contributed by atoms with Gasteiger partial charge in [-0.3, -0.25) is 4.79 Å². The quantitative estimate of drug-likeness (QED) is 0.739. The predicted molar refractivity (Wildman–Crippen MR) is 108 cm³/mol. The van der Waals surface area contributed by atoms with Crippen LogP contribution >= 0.6 is 11.6 Å². The minimum Gasteiger partial charge on any atom is -0.423 e. The molecule has 2 aromatic carbocycles. The van der Waals surface area contributed by atoms with Crippen molar-refractivity contribution in [2.24, 2.45) is 0 Å². The lowest BCUT2D eigenvalue weighted by Gasteiger charge is -2.21. The third-order valence-corrected chi connectivity index (χ3v) is 5.00. The fourth-order valence-corrected chi connectivity index (χ4v) is 3.57. The fourth-order valence-electron chi connectivity index (χ4n) is 3.41. The van der Waals surface area contributed by atoms with Gasteiger partial charge in [-0.25, -0.2) is 0 Å². The van der Waals surface area contributed by atoms with Crippen LogP contribution < -0.4 is 10.2 Å². The second kappa shape index (κ2) is 7.12. The van der Waals surface area contributed by atoms with E-state index in [4.69, 9.17) is 16.0 Å². The molecule has 0 unspecified atom stereocenters. The van der Waals surface area contributed by atoms with Crippen LogP contribution in [0.5, 0.6) is 0 Å². The van der Waals surface area contributed by atoms with Crippen LogP contribution in [0.1, 0.15) is 16.8 Å². The predicted octanol–water partition coefficient (Wildman–Crippen LogP) is 3.87. The molecule has 1 amide bonds. The molecule has 0 saturated carbocycles. The van der Waals surface area contributed by atoms with Gasteiger partial charge in [-0.05, 0) is 30.7 Å². The average molecular weight is 385 g/mol. The zero-order valence-electron chi connectivity index (χ0n) is 15.3. The second-order valence-corrected chi connectivity index (χ2v) is 7.36. The Morgan fingerprint density at radius 3 is 2.93 bits per heavy atom. The number of amides is 1. The van der Waals surface area contributed by atoms with Crippen molar-refractivity contribution in [3.05, 3.63) is 53.1 Å². The van der Waals surface area contributed by atoms with Crippen LogP contribution in [-0.2, 0) is 0 Å².